The van der Waals surface area contributed by atoms with Gasteiger partial charge < -0.3 is 9.26 Å². The molecule has 1 aliphatic rings. The van der Waals surface area contributed by atoms with Gasteiger partial charge in [-0.05, 0) is 36.1 Å². The average Bonchev–Trinajstić information content (AvgIpc) is 3.07. The Morgan fingerprint density at radius 3 is 2.70 bits per heavy atom. The van der Waals surface area contributed by atoms with Crippen molar-refractivity contribution >= 4 is 23.2 Å². The lowest BCUT2D eigenvalue weighted by Crippen LogP contribution is -1.96. The molecule has 106 valence electrons. The number of rotatable bonds is 5. The Labute approximate surface area is 127 Å². The lowest BCUT2D eigenvalue weighted by molar-refractivity contribution is 0.199. The number of ether oxygens (including phenoxy) is 1. The minimum absolute atomic E-state index is 0.272. The molecule has 0 saturated heterocycles. The normalized spacial score (nSPS) is 21.1. The Bertz CT molecular complexity index is 595. The third-order valence-corrected chi connectivity index (χ3v) is 3.87. The highest BCUT2D eigenvalue weighted by atomic mass is 35.5. The molecule has 0 N–H and O–H groups in total. The molecule has 0 bridgehead atoms. The van der Waals surface area contributed by atoms with Crippen molar-refractivity contribution in [1.29, 1.82) is 0 Å². The maximum atomic E-state index is 6.03. The van der Waals surface area contributed by atoms with Crippen LogP contribution in [0.1, 0.15) is 35.5 Å². The van der Waals surface area contributed by atoms with Crippen LogP contribution in [0.15, 0.2) is 22.7 Å². The third kappa shape index (κ3) is 2.97. The topological polar surface area (TPSA) is 48.2 Å². The van der Waals surface area contributed by atoms with Gasteiger partial charge in [-0.1, -0.05) is 28.4 Å². The van der Waals surface area contributed by atoms with Crippen molar-refractivity contribution in [2.75, 3.05) is 13.7 Å². The van der Waals surface area contributed by atoms with Crippen LogP contribution in [-0.4, -0.2) is 23.9 Å². The van der Waals surface area contributed by atoms with Gasteiger partial charge in [-0.25, -0.2) is 0 Å². The Kier molecular flexibility index (Phi) is 3.96. The number of methoxy groups -OCH3 is 1. The molecular formula is C14H14Cl2N2O2. The smallest absolute Gasteiger partial charge is 0.230 e. The summed E-state index contributed by atoms with van der Waals surface area (Å²) in [6.45, 7) is 0.594. The zero-order valence-electron chi connectivity index (χ0n) is 11.0. The fraction of sp³-hybridized carbons (Fsp3) is 0.429. The summed E-state index contributed by atoms with van der Waals surface area (Å²) in [5.41, 5.74) is 1.13. The van der Waals surface area contributed by atoms with Crippen LogP contribution >= 0.6 is 23.2 Å². The van der Waals surface area contributed by atoms with Crippen LogP contribution in [0.2, 0.25) is 10.0 Å². The van der Waals surface area contributed by atoms with Crippen LogP contribution in [0.5, 0.6) is 0 Å². The number of hydrogen-bond donors (Lipinski definition) is 0. The van der Waals surface area contributed by atoms with E-state index >= 15 is 0 Å². The lowest BCUT2D eigenvalue weighted by atomic mass is 10.1. The van der Waals surface area contributed by atoms with E-state index in [0.29, 0.717) is 40.7 Å². The van der Waals surface area contributed by atoms with Crippen LogP contribution in [0, 0.1) is 0 Å². The van der Waals surface area contributed by atoms with Gasteiger partial charge in [-0.15, -0.1) is 0 Å². The highest BCUT2D eigenvalue weighted by molar-refractivity contribution is 6.34. The second-order valence-electron chi connectivity index (χ2n) is 4.94. The molecule has 0 unspecified atom stereocenters. The molecule has 20 heavy (non-hydrogen) atoms. The SMILES string of the molecule is COCCc1noc([C@H]2C[C@@H]2c2cc(Cl)cc(Cl)c2)n1. The van der Waals surface area contributed by atoms with E-state index in [0.717, 1.165) is 12.0 Å². The summed E-state index contributed by atoms with van der Waals surface area (Å²) >= 11 is 12.1. The third-order valence-electron chi connectivity index (χ3n) is 3.43. The maximum absolute atomic E-state index is 6.03. The van der Waals surface area contributed by atoms with Gasteiger partial charge in [0.25, 0.3) is 0 Å². The average molecular weight is 313 g/mol. The highest BCUT2D eigenvalue weighted by Gasteiger charge is 2.43. The van der Waals surface area contributed by atoms with E-state index in [1.165, 1.54) is 0 Å². The van der Waals surface area contributed by atoms with E-state index in [2.05, 4.69) is 10.1 Å². The van der Waals surface area contributed by atoms with Gasteiger partial charge in [0.15, 0.2) is 5.82 Å². The molecule has 4 nitrogen and oxygen atoms in total. The van der Waals surface area contributed by atoms with Crippen molar-refractivity contribution < 1.29 is 9.26 Å². The number of halogens is 2. The van der Waals surface area contributed by atoms with E-state index in [1.807, 2.05) is 12.1 Å². The first-order chi connectivity index (χ1) is 9.67. The molecule has 0 aliphatic heterocycles. The molecule has 0 spiro atoms. The first-order valence-corrected chi connectivity index (χ1v) is 7.20. The number of benzene rings is 1. The zero-order chi connectivity index (χ0) is 14.1. The summed E-state index contributed by atoms with van der Waals surface area (Å²) in [7, 11) is 1.65. The van der Waals surface area contributed by atoms with Gasteiger partial charge in [0.1, 0.15) is 0 Å². The van der Waals surface area contributed by atoms with Gasteiger partial charge in [0.05, 0.1) is 6.61 Å². The summed E-state index contributed by atoms with van der Waals surface area (Å²) in [5, 5.41) is 5.27. The minimum atomic E-state index is 0.272. The molecule has 3 rings (SSSR count). The predicted octanol–water partition coefficient (Wildman–Crippen LogP) is 3.84. The van der Waals surface area contributed by atoms with Crippen LogP contribution in [-0.2, 0) is 11.2 Å². The van der Waals surface area contributed by atoms with Crippen molar-refractivity contribution in [1.82, 2.24) is 10.1 Å². The fourth-order valence-electron chi connectivity index (χ4n) is 2.34. The number of aromatic nitrogens is 2. The molecule has 1 heterocycles. The van der Waals surface area contributed by atoms with Crippen molar-refractivity contribution in [2.45, 2.75) is 24.7 Å². The van der Waals surface area contributed by atoms with Crippen LogP contribution in [0.3, 0.4) is 0 Å². The molecule has 1 aliphatic carbocycles. The van der Waals surface area contributed by atoms with Crippen molar-refractivity contribution in [2.24, 2.45) is 0 Å². The molecule has 1 saturated carbocycles. The molecule has 6 heteroatoms. The molecule has 2 aromatic rings. The van der Waals surface area contributed by atoms with E-state index in [9.17, 15) is 0 Å². The molecule has 0 radical (unpaired) electrons. The van der Waals surface area contributed by atoms with Crippen molar-refractivity contribution in [3.05, 3.63) is 45.5 Å². The quantitative estimate of drug-likeness (QED) is 0.841. The Balaban J connectivity index is 1.70. The summed E-state index contributed by atoms with van der Waals surface area (Å²) in [4.78, 5) is 4.41. The highest BCUT2D eigenvalue weighted by Crippen LogP contribution is 2.54. The monoisotopic (exact) mass is 312 g/mol. The summed E-state index contributed by atoms with van der Waals surface area (Å²) in [6, 6.07) is 5.63. The summed E-state index contributed by atoms with van der Waals surface area (Å²) in [6.07, 6.45) is 1.66. The molecule has 1 aromatic heterocycles. The summed E-state index contributed by atoms with van der Waals surface area (Å²) < 4.78 is 10.3. The minimum Gasteiger partial charge on any atom is -0.384 e. The molecule has 0 amide bonds. The van der Waals surface area contributed by atoms with Gasteiger partial charge in [-0.3, -0.25) is 0 Å². The van der Waals surface area contributed by atoms with Crippen LogP contribution in [0.25, 0.3) is 0 Å². The zero-order valence-corrected chi connectivity index (χ0v) is 12.5. The Morgan fingerprint density at radius 1 is 1.25 bits per heavy atom. The first-order valence-electron chi connectivity index (χ1n) is 6.45. The summed E-state index contributed by atoms with van der Waals surface area (Å²) in [5.74, 6) is 2.02. The fourth-order valence-corrected chi connectivity index (χ4v) is 2.88. The largest absolute Gasteiger partial charge is 0.384 e. The van der Waals surface area contributed by atoms with E-state index < -0.39 is 0 Å². The maximum Gasteiger partial charge on any atom is 0.230 e. The second kappa shape index (κ2) is 5.72. The molecule has 2 atom stereocenters. The standard InChI is InChI=1S/C14H14Cl2N2O2/c1-19-3-2-13-17-14(20-18-13)12-7-11(12)8-4-9(15)6-10(16)5-8/h4-6,11-12H,2-3,7H2,1H3/t11-,12+/m1/s1. The van der Waals surface area contributed by atoms with E-state index in [4.69, 9.17) is 32.5 Å². The lowest BCUT2D eigenvalue weighted by Gasteiger charge is -2.01. The Hall–Kier alpha value is -1.10. The van der Waals surface area contributed by atoms with Gasteiger partial charge in [0, 0.05) is 29.5 Å². The van der Waals surface area contributed by atoms with E-state index in [-0.39, 0.29) is 5.92 Å². The Morgan fingerprint density at radius 2 is 2.00 bits per heavy atom. The van der Waals surface area contributed by atoms with Crippen molar-refractivity contribution in [3.8, 4) is 0 Å². The van der Waals surface area contributed by atoms with Crippen LogP contribution < -0.4 is 0 Å². The molecule has 1 fully saturated rings. The second-order valence-corrected chi connectivity index (χ2v) is 5.82. The number of nitrogens with zero attached hydrogens (tertiary/aromatic N) is 2. The first kappa shape index (κ1) is 13.9. The molecule has 1 aromatic carbocycles. The van der Waals surface area contributed by atoms with Gasteiger partial charge in [-0.2, -0.15) is 4.98 Å². The van der Waals surface area contributed by atoms with Gasteiger partial charge >= 0.3 is 0 Å². The van der Waals surface area contributed by atoms with Crippen molar-refractivity contribution in [3.63, 3.8) is 0 Å². The van der Waals surface area contributed by atoms with Crippen LogP contribution in [0.4, 0.5) is 0 Å². The van der Waals surface area contributed by atoms with E-state index in [1.54, 1.807) is 13.2 Å². The van der Waals surface area contributed by atoms with Gasteiger partial charge in [0.2, 0.25) is 5.89 Å². The number of hydrogen-bond acceptors (Lipinski definition) is 4. The predicted molar refractivity (Wildman–Crippen MR) is 76.4 cm³/mol. The molecular weight excluding hydrogens is 299 g/mol.